The van der Waals surface area contributed by atoms with Gasteiger partial charge in [0.1, 0.15) is 0 Å². The van der Waals surface area contributed by atoms with Gasteiger partial charge in [-0.2, -0.15) is 0 Å². The molecule has 0 unspecified atom stereocenters. The van der Waals surface area contributed by atoms with Crippen LogP contribution in [0.2, 0.25) is 0 Å². The lowest BCUT2D eigenvalue weighted by Gasteiger charge is -2.35. The smallest absolute Gasteiger partial charge is 0.333 e. The van der Waals surface area contributed by atoms with E-state index in [1.54, 1.807) is 6.92 Å². The molecule has 0 N–H and O–H groups in total. The normalized spacial score (nSPS) is 27.3. The zero-order chi connectivity index (χ0) is 15.1. The van der Waals surface area contributed by atoms with Crippen LogP contribution in [0.3, 0.4) is 0 Å². The zero-order valence-corrected chi connectivity index (χ0v) is 13.7. The Morgan fingerprint density at radius 3 is 2.24 bits per heavy atom. The van der Waals surface area contributed by atoms with Gasteiger partial charge in [-0.1, -0.05) is 51.5 Å². The molecule has 21 heavy (non-hydrogen) atoms. The summed E-state index contributed by atoms with van der Waals surface area (Å²) in [5, 5.41) is 0. The summed E-state index contributed by atoms with van der Waals surface area (Å²) in [6, 6.07) is 0. The fourth-order valence-corrected chi connectivity index (χ4v) is 4.21. The van der Waals surface area contributed by atoms with E-state index in [0.717, 1.165) is 24.2 Å². The second kappa shape index (κ2) is 8.60. The summed E-state index contributed by atoms with van der Waals surface area (Å²) in [5.41, 5.74) is 0.503. The van der Waals surface area contributed by atoms with E-state index in [9.17, 15) is 4.79 Å². The highest BCUT2D eigenvalue weighted by Gasteiger charge is 2.28. The summed E-state index contributed by atoms with van der Waals surface area (Å²) < 4.78 is 5.17. The third kappa shape index (κ3) is 5.48. The molecule has 2 saturated carbocycles. The van der Waals surface area contributed by atoms with Gasteiger partial charge < -0.3 is 4.74 Å². The van der Waals surface area contributed by atoms with Crippen molar-refractivity contribution in [2.24, 2.45) is 17.8 Å². The molecule has 2 nitrogen and oxygen atoms in total. The van der Waals surface area contributed by atoms with Gasteiger partial charge in [-0.05, 0) is 50.4 Å². The number of carbonyl (C=O) groups is 1. The molecule has 2 rings (SSSR count). The van der Waals surface area contributed by atoms with Gasteiger partial charge in [0, 0.05) is 5.57 Å². The molecule has 120 valence electrons. The molecule has 0 saturated heterocycles. The molecular formula is C19H32O2. The van der Waals surface area contributed by atoms with Crippen LogP contribution in [0.4, 0.5) is 0 Å². The molecular weight excluding hydrogens is 260 g/mol. The van der Waals surface area contributed by atoms with Crippen molar-refractivity contribution in [1.82, 2.24) is 0 Å². The number of ether oxygens (including phenoxy) is 1. The van der Waals surface area contributed by atoms with Gasteiger partial charge in [0.25, 0.3) is 0 Å². The first-order chi connectivity index (χ1) is 10.2. The van der Waals surface area contributed by atoms with Gasteiger partial charge >= 0.3 is 5.97 Å². The molecule has 0 atom stereocenters. The van der Waals surface area contributed by atoms with Crippen LogP contribution in [-0.4, -0.2) is 12.6 Å². The van der Waals surface area contributed by atoms with Crippen molar-refractivity contribution < 1.29 is 9.53 Å². The maximum absolute atomic E-state index is 11.3. The number of esters is 1. The summed E-state index contributed by atoms with van der Waals surface area (Å²) in [6.07, 6.45) is 15.3. The molecule has 0 amide bonds. The molecule has 0 aromatic rings. The molecule has 0 bridgehead atoms. The summed E-state index contributed by atoms with van der Waals surface area (Å²) in [7, 11) is 0. The highest BCUT2D eigenvalue weighted by Crippen LogP contribution is 2.40. The zero-order valence-electron chi connectivity index (χ0n) is 13.7. The molecule has 0 aliphatic heterocycles. The summed E-state index contributed by atoms with van der Waals surface area (Å²) in [6.45, 7) is 5.87. The summed E-state index contributed by atoms with van der Waals surface area (Å²) in [5.74, 6) is 2.68. The van der Waals surface area contributed by atoms with Crippen molar-refractivity contribution in [3.63, 3.8) is 0 Å². The molecule has 0 radical (unpaired) electrons. The Balaban J connectivity index is 1.56. The van der Waals surface area contributed by atoms with E-state index in [0.29, 0.717) is 12.2 Å². The first-order valence-electron chi connectivity index (χ1n) is 8.99. The summed E-state index contributed by atoms with van der Waals surface area (Å²) in [4.78, 5) is 11.3. The van der Waals surface area contributed by atoms with Crippen LogP contribution in [0, 0.1) is 17.8 Å². The maximum atomic E-state index is 11.3. The largest absolute Gasteiger partial charge is 0.462 e. The van der Waals surface area contributed by atoms with E-state index in [-0.39, 0.29) is 5.97 Å². The van der Waals surface area contributed by atoms with Crippen molar-refractivity contribution in [2.75, 3.05) is 6.61 Å². The molecule has 0 aromatic heterocycles. The molecule has 0 spiro atoms. The standard InChI is InChI=1S/C19H32O2/c1-15(2)19(20)21-14-6-7-16-10-12-18(13-11-16)17-8-4-3-5-9-17/h16-18H,1,3-14H2,2H3. The lowest BCUT2D eigenvalue weighted by atomic mass is 9.70. The predicted octanol–water partition coefficient (Wildman–Crippen LogP) is 5.27. The second-order valence-electron chi connectivity index (χ2n) is 7.24. The van der Waals surface area contributed by atoms with Crippen molar-refractivity contribution in [1.29, 1.82) is 0 Å². The van der Waals surface area contributed by atoms with Crippen LogP contribution in [-0.2, 0) is 9.53 Å². The van der Waals surface area contributed by atoms with Crippen LogP contribution < -0.4 is 0 Å². The molecule has 0 heterocycles. The van der Waals surface area contributed by atoms with Crippen molar-refractivity contribution in [3.8, 4) is 0 Å². The highest BCUT2D eigenvalue weighted by atomic mass is 16.5. The number of rotatable bonds is 6. The monoisotopic (exact) mass is 292 g/mol. The van der Waals surface area contributed by atoms with Gasteiger partial charge in [-0.3, -0.25) is 0 Å². The topological polar surface area (TPSA) is 26.3 Å². The fourth-order valence-electron chi connectivity index (χ4n) is 4.21. The van der Waals surface area contributed by atoms with Crippen LogP contribution in [0.1, 0.15) is 77.6 Å². The first-order valence-corrected chi connectivity index (χ1v) is 8.99. The Morgan fingerprint density at radius 2 is 1.62 bits per heavy atom. The minimum absolute atomic E-state index is 0.240. The Bertz CT molecular complexity index is 333. The van der Waals surface area contributed by atoms with Crippen LogP contribution in [0.15, 0.2) is 12.2 Å². The van der Waals surface area contributed by atoms with Crippen LogP contribution in [0.25, 0.3) is 0 Å². The van der Waals surface area contributed by atoms with Gasteiger partial charge in [0.05, 0.1) is 6.61 Å². The molecule has 2 aliphatic rings. The minimum atomic E-state index is -0.240. The Hall–Kier alpha value is -0.790. The number of hydrogen-bond acceptors (Lipinski definition) is 2. The van der Waals surface area contributed by atoms with E-state index < -0.39 is 0 Å². The van der Waals surface area contributed by atoms with E-state index in [2.05, 4.69) is 6.58 Å². The first kappa shape index (κ1) is 16.6. The highest BCUT2D eigenvalue weighted by molar-refractivity contribution is 5.86. The minimum Gasteiger partial charge on any atom is -0.462 e. The lowest BCUT2D eigenvalue weighted by Crippen LogP contribution is -2.23. The van der Waals surface area contributed by atoms with Gasteiger partial charge in [-0.25, -0.2) is 4.79 Å². The van der Waals surface area contributed by atoms with Crippen LogP contribution in [0.5, 0.6) is 0 Å². The maximum Gasteiger partial charge on any atom is 0.333 e. The van der Waals surface area contributed by atoms with E-state index in [1.807, 2.05) is 0 Å². The molecule has 2 fully saturated rings. The van der Waals surface area contributed by atoms with Crippen molar-refractivity contribution >= 4 is 5.97 Å². The molecule has 2 heteroatoms. The predicted molar refractivity (Wildman–Crippen MR) is 87.0 cm³/mol. The Morgan fingerprint density at radius 1 is 1.00 bits per heavy atom. The van der Waals surface area contributed by atoms with Crippen molar-refractivity contribution in [3.05, 3.63) is 12.2 Å². The number of carbonyl (C=O) groups excluding carboxylic acids is 1. The van der Waals surface area contributed by atoms with Gasteiger partial charge in [-0.15, -0.1) is 0 Å². The van der Waals surface area contributed by atoms with Gasteiger partial charge in [0.2, 0.25) is 0 Å². The lowest BCUT2D eigenvalue weighted by molar-refractivity contribution is -0.139. The van der Waals surface area contributed by atoms with E-state index >= 15 is 0 Å². The molecule has 2 aliphatic carbocycles. The Kier molecular flexibility index (Phi) is 6.79. The van der Waals surface area contributed by atoms with Crippen LogP contribution >= 0.6 is 0 Å². The van der Waals surface area contributed by atoms with Gasteiger partial charge in [0.15, 0.2) is 0 Å². The Labute approximate surface area is 130 Å². The van der Waals surface area contributed by atoms with E-state index in [4.69, 9.17) is 4.74 Å². The molecule has 0 aromatic carbocycles. The SMILES string of the molecule is C=C(C)C(=O)OCCCC1CCC(C2CCCCC2)CC1. The quantitative estimate of drug-likeness (QED) is 0.378. The summed E-state index contributed by atoms with van der Waals surface area (Å²) >= 11 is 0. The third-order valence-electron chi connectivity index (χ3n) is 5.55. The van der Waals surface area contributed by atoms with Crippen molar-refractivity contribution in [2.45, 2.75) is 77.6 Å². The fraction of sp³-hybridized carbons (Fsp3) is 0.842. The van der Waals surface area contributed by atoms with E-state index in [1.165, 1.54) is 64.2 Å². The second-order valence-corrected chi connectivity index (χ2v) is 7.24. The number of hydrogen-bond donors (Lipinski definition) is 0. The average molecular weight is 292 g/mol. The average Bonchev–Trinajstić information content (AvgIpc) is 2.52. The third-order valence-corrected chi connectivity index (χ3v) is 5.55.